The second-order valence-corrected chi connectivity index (χ2v) is 6.89. The third kappa shape index (κ3) is 2.77. The fraction of sp³-hybridized carbons (Fsp3) is 0.800. The summed E-state index contributed by atoms with van der Waals surface area (Å²) in [6, 6.07) is 0. The van der Waals surface area contributed by atoms with Crippen LogP contribution in [0.3, 0.4) is 0 Å². The van der Waals surface area contributed by atoms with E-state index in [4.69, 9.17) is 4.74 Å². The SMILES string of the molecule is CCOC1(c2ncc(C(C)C)s2)CCC(C)CC1. The largest absolute Gasteiger partial charge is 0.368 e. The molecule has 0 unspecified atom stereocenters. The Hall–Kier alpha value is -0.410. The van der Waals surface area contributed by atoms with Gasteiger partial charge in [0.2, 0.25) is 0 Å². The molecular formula is C15H25NOS. The van der Waals surface area contributed by atoms with E-state index in [-0.39, 0.29) is 5.60 Å². The number of hydrogen-bond donors (Lipinski definition) is 0. The molecule has 1 saturated carbocycles. The molecule has 102 valence electrons. The van der Waals surface area contributed by atoms with Crippen LogP contribution in [0, 0.1) is 5.92 Å². The van der Waals surface area contributed by atoms with E-state index in [1.807, 2.05) is 17.5 Å². The first-order valence-corrected chi connectivity index (χ1v) is 7.99. The van der Waals surface area contributed by atoms with Gasteiger partial charge in [0.1, 0.15) is 10.6 Å². The first kappa shape index (κ1) is 14.0. The molecular weight excluding hydrogens is 242 g/mol. The molecule has 0 N–H and O–H groups in total. The summed E-state index contributed by atoms with van der Waals surface area (Å²) in [6.07, 6.45) is 6.83. The summed E-state index contributed by atoms with van der Waals surface area (Å²) in [6.45, 7) is 9.68. The quantitative estimate of drug-likeness (QED) is 0.788. The zero-order valence-electron chi connectivity index (χ0n) is 12.0. The molecule has 0 saturated heterocycles. The Morgan fingerprint density at radius 3 is 2.61 bits per heavy atom. The summed E-state index contributed by atoms with van der Waals surface area (Å²) in [5, 5.41) is 1.21. The molecule has 18 heavy (non-hydrogen) atoms. The van der Waals surface area contributed by atoms with Crippen LogP contribution in [0.2, 0.25) is 0 Å². The molecule has 0 radical (unpaired) electrons. The second kappa shape index (κ2) is 5.70. The van der Waals surface area contributed by atoms with Crippen molar-refractivity contribution in [2.75, 3.05) is 6.61 Å². The van der Waals surface area contributed by atoms with Crippen molar-refractivity contribution in [3.8, 4) is 0 Å². The smallest absolute Gasteiger partial charge is 0.125 e. The molecule has 0 bridgehead atoms. The first-order valence-electron chi connectivity index (χ1n) is 7.17. The highest BCUT2D eigenvalue weighted by molar-refractivity contribution is 7.11. The minimum absolute atomic E-state index is 0.0843. The van der Waals surface area contributed by atoms with Crippen molar-refractivity contribution >= 4 is 11.3 Å². The average Bonchev–Trinajstić information content (AvgIpc) is 2.83. The van der Waals surface area contributed by atoms with E-state index >= 15 is 0 Å². The number of rotatable bonds is 4. The monoisotopic (exact) mass is 267 g/mol. The third-order valence-electron chi connectivity index (χ3n) is 3.98. The van der Waals surface area contributed by atoms with Crippen LogP contribution in [0.4, 0.5) is 0 Å². The van der Waals surface area contributed by atoms with Crippen molar-refractivity contribution in [3.05, 3.63) is 16.1 Å². The van der Waals surface area contributed by atoms with Crippen molar-refractivity contribution in [2.45, 2.75) is 64.9 Å². The first-order chi connectivity index (χ1) is 8.57. The third-order valence-corrected chi connectivity index (χ3v) is 5.47. The normalized spacial score (nSPS) is 28.8. The molecule has 1 aromatic heterocycles. The number of hydrogen-bond acceptors (Lipinski definition) is 3. The van der Waals surface area contributed by atoms with Crippen LogP contribution in [-0.4, -0.2) is 11.6 Å². The van der Waals surface area contributed by atoms with Crippen LogP contribution in [0.15, 0.2) is 6.20 Å². The van der Waals surface area contributed by atoms with Crippen molar-refractivity contribution in [2.24, 2.45) is 5.92 Å². The highest BCUT2D eigenvalue weighted by atomic mass is 32.1. The van der Waals surface area contributed by atoms with E-state index in [2.05, 4.69) is 32.7 Å². The van der Waals surface area contributed by atoms with Crippen LogP contribution >= 0.6 is 11.3 Å². The van der Waals surface area contributed by atoms with Crippen LogP contribution in [0.5, 0.6) is 0 Å². The van der Waals surface area contributed by atoms with Gasteiger partial charge in [-0.05, 0) is 44.4 Å². The molecule has 1 aromatic rings. The number of aromatic nitrogens is 1. The predicted octanol–water partition coefficient (Wildman–Crippen LogP) is 4.71. The number of nitrogens with zero attached hydrogens (tertiary/aromatic N) is 1. The molecule has 0 aliphatic heterocycles. The van der Waals surface area contributed by atoms with Crippen molar-refractivity contribution < 1.29 is 4.74 Å². The van der Waals surface area contributed by atoms with Gasteiger partial charge in [0.25, 0.3) is 0 Å². The lowest BCUT2D eigenvalue weighted by molar-refractivity contribution is -0.0776. The predicted molar refractivity (Wildman–Crippen MR) is 77.1 cm³/mol. The zero-order chi connectivity index (χ0) is 13.2. The van der Waals surface area contributed by atoms with Gasteiger partial charge in [-0.3, -0.25) is 0 Å². The van der Waals surface area contributed by atoms with Gasteiger partial charge in [0, 0.05) is 17.7 Å². The van der Waals surface area contributed by atoms with E-state index in [0.29, 0.717) is 5.92 Å². The van der Waals surface area contributed by atoms with E-state index in [1.54, 1.807) is 0 Å². The fourth-order valence-electron chi connectivity index (χ4n) is 2.69. The Morgan fingerprint density at radius 1 is 1.44 bits per heavy atom. The van der Waals surface area contributed by atoms with E-state index in [1.165, 1.54) is 22.7 Å². The van der Waals surface area contributed by atoms with Gasteiger partial charge < -0.3 is 4.74 Å². The van der Waals surface area contributed by atoms with Gasteiger partial charge in [-0.15, -0.1) is 11.3 Å². The Morgan fingerprint density at radius 2 is 2.11 bits per heavy atom. The summed E-state index contributed by atoms with van der Waals surface area (Å²) in [5.41, 5.74) is -0.0843. The molecule has 1 heterocycles. The standard InChI is InChI=1S/C15H25NOS/c1-5-17-15(8-6-12(4)7-9-15)14-16-10-13(18-14)11(2)3/h10-12H,5-9H2,1-4H3. The second-order valence-electron chi connectivity index (χ2n) is 5.83. The molecule has 1 fully saturated rings. The van der Waals surface area contributed by atoms with Gasteiger partial charge in [-0.2, -0.15) is 0 Å². The molecule has 1 aliphatic carbocycles. The molecule has 0 aromatic carbocycles. The lowest BCUT2D eigenvalue weighted by atomic mass is 9.80. The minimum atomic E-state index is -0.0843. The maximum absolute atomic E-state index is 6.15. The minimum Gasteiger partial charge on any atom is -0.368 e. The maximum atomic E-state index is 6.15. The Balaban J connectivity index is 2.23. The summed E-state index contributed by atoms with van der Waals surface area (Å²) in [7, 11) is 0. The average molecular weight is 267 g/mol. The summed E-state index contributed by atoms with van der Waals surface area (Å²) in [5.74, 6) is 1.40. The lowest BCUT2D eigenvalue weighted by Gasteiger charge is -2.37. The van der Waals surface area contributed by atoms with E-state index in [0.717, 1.165) is 25.4 Å². The van der Waals surface area contributed by atoms with Crippen LogP contribution in [0.1, 0.15) is 69.2 Å². The lowest BCUT2D eigenvalue weighted by Crippen LogP contribution is -2.34. The summed E-state index contributed by atoms with van der Waals surface area (Å²) >= 11 is 1.85. The number of ether oxygens (including phenoxy) is 1. The van der Waals surface area contributed by atoms with E-state index in [9.17, 15) is 0 Å². The molecule has 0 amide bonds. The molecule has 0 spiro atoms. The van der Waals surface area contributed by atoms with Crippen molar-refractivity contribution in [3.63, 3.8) is 0 Å². The highest BCUT2D eigenvalue weighted by Gasteiger charge is 2.39. The molecule has 1 aliphatic rings. The molecule has 2 rings (SSSR count). The van der Waals surface area contributed by atoms with E-state index < -0.39 is 0 Å². The fourth-order valence-corrected chi connectivity index (χ4v) is 3.81. The number of thiazole rings is 1. The summed E-state index contributed by atoms with van der Waals surface area (Å²) < 4.78 is 6.15. The highest BCUT2D eigenvalue weighted by Crippen LogP contribution is 2.44. The molecule has 2 nitrogen and oxygen atoms in total. The van der Waals surface area contributed by atoms with Crippen LogP contribution < -0.4 is 0 Å². The van der Waals surface area contributed by atoms with Crippen molar-refractivity contribution in [1.29, 1.82) is 0 Å². The Bertz CT molecular complexity index is 378. The molecule has 0 atom stereocenters. The van der Waals surface area contributed by atoms with Gasteiger partial charge in [0.05, 0.1) is 0 Å². The summed E-state index contributed by atoms with van der Waals surface area (Å²) in [4.78, 5) is 6.05. The van der Waals surface area contributed by atoms with Gasteiger partial charge in [0.15, 0.2) is 0 Å². The van der Waals surface area contributed by atoms with Gasteiger partial charge in [-0.25, -0.2) is 4.98 Å². The van der Waals surface area contributed by atoms with Crippen molar-refractivity contribution in [1.82, 2.24) is 4.98 Å². The zero-order valence-corrected chi connectivity index (χ0v) is 12.8. The maximum Gasteiger partial charge on any atom is 0.125 e. The van der Waals surface area contributed by atoms with Crippen LogP contribution in [-0.2, 0) is 10.3 Å². The van der Waals surface area contributed by atoms with Crippen LogP contribution in [0.25, 0.3) is 0 Å². The molecule has 3 heteroatoms. The Kier molecular flexibility index (Phi) is 4.44. The topological polar surface area (TPSA) is 22.1 Å². The van der Waals surface area contributed by atoms with Gasteiger partial charge in [-0.1, -0.05) is 20.8 Å². The Labute approximate surface area is 115 Å². The van der Waals surface area contributed by atoms with Gasteiger partial charge >= 0.3 is 0 Å².